The minimum absolute atomic E-state index is 0.0389. The lowest BCUT2D eigenvalue weighted by molar-refractivity contribution is 0.509. The van der Waals surface area contributed by atoms with Gasteiger partial charge < -0.3 is 9.29 Å². The van der Waals surface area contributed by atoms with E-state index in [0.29, 0.717) is 28.8 Å². The standard InChI is InChI=1S/C21H23FN4OS/c1-14(2)11-25-13-17(4-8-21(25)27)26-12-15(10-23-26)19-7-3-16(9-20(19)22)24-28-18-5-6-18/h3-4,7-10,12-14,18,24H,5-6,11H2,1-2H3. The molecule has 5 nitrogen and oxygen atoms in total. The highest BCUT2D eigenvalue weighted by Crippen LogP contribution is 2.35. The van der Waals surface area contributed by atoms with Crippen LogP contribution in [0.4, 0.5) is 10.1 Å². The maximum atomic E-state index is 14.6. The molecule has 7 heteroatoms. The summed E-state index contributed by atoms with van der Waals surface area (Å²) in [5, 5.41) is 5.01. The van der Waals surface area contributed by atoms with Crippen LogP contribution in [0.25, 0.3) is 16.8 Å². The number of aromatic nitrogens is 3. The van der Waals surface area contributed by atoms with Crippen molar-refractivity contribution in [3.05, 3.63) is 65.1 Å². The first-order valence-electron chi connectivity index (χ1n) is 9.47. The van der Waals surface area contributed by atoms with Gasteiger partial charge in [0, 0.05) is 47.1 Å². The summed E-state index contributed by atoms with van der Waals surface area (Å²) in [5.74, 6) is 0.0751. The summed E-state index contributed by atoms with van der Waals surface area (Å²) in [6, 6.07) is 8.44. The van der Waals surface area contributed by atoms with E-state index in [0.717, 1.165) is 11.4 Å². The van der Waals surface area contributed by atoms with Crippen LogP contribution in [-0.2, 0) is 6.54 Å². The van der Waals surface area contributed by atoms with Crippen molar-refractivity contribution < 1.29 is 4.39 Å². The van der Waals surface area contributed by atoms with Gasteiger partial charge >= 0.3 is 0 Å². The number of nitrogens with one attached hydrogen (secondary N) is 1. The summed E-state index contributed by atoms with van der Waals surface area (Å²) in [6.07, 6.45) is 7.66. The van der Waals surface area contributed by atoms with E-state index in [2.05, 4.69) is 23.7 Å². The predicted molar refractivity (Wildman–Crippen MR) is 112 cm³/mol. The van der Waals surface area contributed by atoms with Crippen molar-refractivity contribution in [2.45, 2.75) is 38.5 Å². The number of nitrogens with zero attached hydrogens (tertiary/aromatic N) is 3. The van der Waals surface area contributed by atoms with Gasteiger partial charge in [0.25, 0.3) is 5.56 Å². The Morgan fingerprint density at radius 1 is 1.25 bits per heavy atom. The summed E-state index contributed by atoms with van der Waals surface area (Å²) in [4.78, 5) is 12.0. The van der Waals surface area contributed by atoms with E-state index in [1.165, 1.54) is 25.0 Å². The number of halogens is 1. The molecular weight excluding hydrogens is 375 g/mol. The molecule has 28 heavy (non-hydrogen) atoms. The van der Waals surface area contributed by atoms with Gasteiger partial charge in [0.05, 0.1) is 11.9 Å². The molecule has 0 unspecified atom stereocenters. The third-order valence-electron chi connectivity index (χ3n) is 4.52. The molecule has 0 atom stereocenters. The Kier molecular flexibility index (Phi) is 5.26. The Morgan fingerprint density at radius 2 is 2.07 bits per heavy atom. The van der Waals surface area contributed by atoms with E-state index >= 15 is 0 Å². The number of benzene rings is 1. The molecule has 2 aromatic heterocycles. The Labute approximate surface area is 167 Å². The zero-order valence-corrected chi connectivity index (χ0v) is 16.7. The number of rotatable bonds is 7. The maximum Gasteiger partial charge on any atom is 0.250 e. The SMILES string of the molecule is CC(C)Cn1cc(-n2cc(-c3ccc(NSC4CC4)cc3F)cn2)ccc1=O. The second-order valence-corrected chi connectivity index (χ2v) is 8.67. The van der Waals surface area contributed by atoms with Crippen molar-refractivity contribution >= 4 is 17.6 Å². The van der Waals surface area contributed by atoms with Crippen LogP contribution < -0.4 is 10.3 Å². The topological polar surface area (TPSA) is 51.9 Å². The van der Waals surface area contributed by atoms with Gasteiger partial charge in [-0.1, -0.05) is 13.8 Å². The lowest BCUT2D eigenvalue weighted by atomic mass is 10.1. The molecule has 3 aromatic rings. The summed E-state index contributed by atoms with van der Waals surface area (Å²) >= 11 is 1.65. The smallest absolute Gasteiger partial charge is 0.250 e. The van der Waals surface area contributed by atoms with Crippen molar-refractivity contribution in [3.8, 4) is 16.8 Å². The van der Waals surface area contributed by atoms with Gasteiger partial charge in [-0.15, -0.1) is 0 Å². The first-order chi connectivity index (χ1) is 13.5. The zero-order valence-electron chi connectivity index (χ0n) is 15.9. The summed E-state index contributed by atoms with van der Waals surface area (Å²) in [6.45, 7) is 4.77. The molecule has 0 saturated heterocycles. The average Bonchev–Trinajstić information content (AvgIpc) is 3.36. The molecule has 2 heterocycles. The summed E-state index contributed by atoms with van der Waals surface area (Å²) < 4.78 is 21.2. The van der Waals surface area contributed by atoms with Crippen LogP contribution in [0.5, 0.6) is 0 Å². The van der Waals surface area contributed by atoms with E-state index in [4.69, 9.17) is 0 Å². The van der Waals surface area contributed by atoms with Crippen LogP contribution in [0.2, 0.25) is 0 Å². The van der Waals surface area contributed by atoms with E-state index in [-0.39, 0.29) is 11.4 Å². The van der Waals surface area contributed by atoms with Crippen molar-refractivity contribution in [2.75, 3.05) is 4.72 Å². The molecule has 1 N–H and O–H groups in total. The molecular formula is C21H23FN4OS. The molecule has 1 saturated carbocycles. The summed E-state index contributed by atoms with van der Waals surface area (Å²) in [7, 11) is 0. The third kappa shape index (κ3) is 4.30. The highest BCUT2D eigenvalue weighted by atomic mass is 32.2. The zero-order chi connectivity index (χ0) is 19.7. The van der Waals surface area contributed by atoms with Crippen LogP contribution in [0.1, 0.15) is 26.7 Å². The van der Waals surface area contributed by atoms with Gasteiger partial charge in [-0.25, -0.2) is 9.07 Å². The molecule has 1 fully saturated rings. The predicted octanol–water partition coefficient (Wildman–Crippen LogP) is 4.72. The molecule has 0 bridgehead atoms. The maximum absolute atomic E-state index is 14.6. The number of anilines is 1. The molecule has 0 amide bonds. The molecule has 0 aliphatic heterocycles. The number of hydrogen-bond acceptors (Lipinski definition) is 4. The fourth-order valence-corrected chi connectivity index (χ4v) is 3.74. The first-order valence-corrected chi connectivity index (χ1v) is 10.3. The fourth-order valence-electron chi connectivity index (χ4n) is 2.94. The first kappa shape index (κ1) is 18.8. The van der Waals surface area contributed by atoms with Gasteiger partial charge in [-0.2, -0.15) is 5.10 Å². The van der Waals surface area contributed by atoms with Crippen LogP contribution in [0.15, 0.2) is 53.7 Å². The summed E-state index contributed by atoms with van der Waals surface area (Å²) in [5.41, 5.74) is 2.70. The average molecular weight is 399 g/mol. The molecule has 0 spiro atoms. The van der Waals surface area contributed by atoms with Crippen LogP contribution in [0.3, 0.4) is 0 Å². The van der Waals surface area contributed by atoms with Crippen molar-refractivity contribution in [2.24, 2.45) is 5.92 Å². The second kappa shape index (κ2) is 7.83. The third-order valence-corrected chi connectivity index (χ3v) is 5.68. The van der Waals surface area contributed by atoms with Gasteiger partial charge in [0.15, 0.2) is 0 Å². The highest BCUT2D eigenvalue weighted by molar-refractivity contribution is 8.01. The Hall–Kier alpha value is -2.54. The Bertz CT molecular complexity index is 1040. The van der Waals surface area contributed by atoms with Crippen LogP contribution >= 0.6 is 11.9 Å². The number of pyridine rings is 1. The van der Waals surface area contributed by atoms with E-state index in [9.17, 15) is 9.18 Å². The monoisotopic (exact) mass is 398 g/mol. The van der Waals surface area contributed by atoms with Crippen molar-refractivity contribution in [1.29, 1.82) is 0 Å². The van der Waals surface area contributed by atoms with Crippen molar-refractivity contribution in [1.82, 2.24) is 14.3 Å². The minimum Gasteiger partial charge on any atom is -0.329 e. The largest absolute Gasteiger partial charge is 0.329 e. The second-order valence-electron chi connectivity index (χ2n) is 7.56. The lowest BCUT2D eigenvalue weighted by Gasteiger charge is -2.10. The fraction of sp³-hybridized carbons (Fsp3) is 0.333. The molecule has 146 valence electrons. The van der Waals surface area contributed by atoms with Crippen molar-refractivity contribution in [3.63, 3.8) is 0 Å². The molecule has 1 aromatic carbocycles. The van der Waals surface area contributed by atoms with Crippen LogP contribution in [-0.4, -0.2) is 19.6 Å². The normalized spacial score (nSPS) is 13.9. The highest BCUT2D eigenvalue weighted by Gasteiger charge is 2.22. The van der Waals surface area contributed by atoms with E-state index in [1.807, 2.05) is 6.07 Å². The number of hydrogen-bond donors (Lipinski definition) is 1. The van der Waals surface area contributed by atoms with Gasteiger partial charge in [-0.3, -0.25) is 4.79 Å². The molecule has 1 aliphatic rings. The molecule has 0 radical (unpaired) electrons. The van der Waals surface area contributed by atoms with Gasteiger partial charge in [0.1, 0.15) is 5.82 Å². The molecule has 4 rings (SSSR count). The Balaban J connectivity index is 1.56. The molecule has 1 aliphatic carbocycles. The lowest BCUT2D eigenvalue weighted by Crippen LogP contribution is -2.21. The Morgan fingerprint density at radius 3 is 2.79 bits per heavy atom. The van der Waals surface area contributed by atoms with E-state index < -0.39 is 0 Å². The van der Waals surface area contributed by atoms with Gasteiger partial charge in [0.2, 0.25) is 0 Å². The van der Waals surface area contributed by atoms with Crippen LogP contribution in [0, 0.1) is 11.7 Å². The van der Waals surface area contributed by atoms with E-state index in [1.54, 1.807) is 51.9 Å². The van der Waals surface area contributed by atoms with Gasteiger partial charge in [-0.05, 0) is 55.0 Å². The quantitative estimate of drug-likeness (QED) is 0.585. The minimum atomic E-state index is -0.286.